The van der Waals surface area contributed by atoms with Gasteiger partial charge >= 0.3 is 5.97 Å². The Labute approximate surface area is 205 Å². The molecule has 0 atom stereocenters. The molecule has 1 aromatic heterocycles. The van der Waals surface area contributed by atoms with Crippen molar-refractivity contribution in [2.45, 2.75) is 4.90 Å². The molecule has 4 rings (SSSR count). The largest absolute Gasteiger partial charge is 0.478 e. The van der Waals surface area contributed by atoms with Crippen molar-refractivity contribution in [3.05, 3.63) is 89.1 Å². The second kappa shape index (κ2) is 9.36. The highest BCUT2D eigenvalue weighted by Gasteiger charge is 2.20. The van der Waals surface area contributed by atoms with E-state index in [-0.39, 0.29) is 33.0 Å². The normalized spacial score (nSPS) is 11.0. The van der Waals surface area contributed by atoms with Crippen molar-refractivity contribution in [1.29, 1.82) is 5.26 Å². The SMILES string of the molecule is CS(=O)(=O)c1ccccc1C(=O)Nc1cccc2cc(C(=O)Nc3ccc(C#N)cc3C(=O)O)[nH]c12. The number of amides is 2. The number of H-pyrrole nitrogens is 1. The zero-order valence-electron chi connectivity index (χ0n) is 18.7. The number of carboxylic acids is 1. The van der Waals surface area contributed by atoms with Crippen molar-refractivity contribution in [1.82, 2.24) is 4.98 Å². The minimum atomic E-state index is -3.65. The highest BCUT2D eigenvalue weighted by Crippen LogP contribution is 2.26. The van der Waals surface area contributed by atoms with Crippen LogP contribution in [0.4, 0.5) is 11.4 Å². The zero-order chi connectivity index (χ0) is 26.0. The van der Waals surface area contributed by atoms with Crippen molar-refractivity contribution in [3.8, 4) is 6.07 Å². The number of rotatable bonds is 6. The van der Waals surface area contributed by atoms with Crippen LogP contribution in [0.3, 0.4) is 0 Å². The first kappa shape index (κ1) is 24.2. The Balaban J connectivity index is 1.64. The summed E-state index contributed by atoms with van der Waals surface area (Å²) in [6.45, 7) is 0. The van der Waals surface area contributed by atoms with E-state index in [0.29, 0.717) is 16.6 Å². The molecule has 4 aromatic rings. The molecular formula is C25H18N4O6S. The lowest BCUT2D eigenvalue weighted by atomic mass is 10.1. The molecule has 0 aliphatic rings. The first-order valence-corrected chi connectivity index (χ1v) is 12.3. The molecule has 0 spiro atoms. The maximum atomic E-state index is 12.9. The number of anilines is 2. The molecule has 0 saturated heterocycles. The van der Waals surface area contributed by atoms with Gasteiger partial charge in [-0.1, -0.05) is 24.3 Å². The monoisotopic (exact) mass is 502 g/mol. The Bertz CT molecular complexity index is 1700. The summed E-state index contributed by atoms with van der Waals surface area (Å²) in [5.41, 5.74) is 0.684. The Morgan fingerprint density at radius 2 is 1.61 bits per heavy atom. The topological polar surface area (TPSA) is 169 Å². The number of benzene rings is 3. The van der Waals surface area contributed by atoms with Gasteiger partial charge < -0.3 is 20.7 Å². The zero-order valence-corrected chi connectivity index (χ0v) is 19.5. The van der Waals surface area contributed by atoms with Crippen LogP contribution in [0.15, 0.2) is 71.6 Å². The van der Waals surface area contributed by atoms with E-state index in [0.717, 1.165) is 12.3 Å². The first-order valence-electron chi connectivity index (χ1n) is 10.4. The highest BCUT2D eigenvalue weighted by molar-refractivity contribution is 7.90. The molecule has 0 aliphatic heterocycles. The lowest BCUT2D eigenvalue weighted by Gasteiger charge is -2.10. The van der Waals surface area contributed by atoms with E-state index in [1.807, 2.05) is 6.07 Å². The fourth-order valence-corrected chi connectivity index (χ4v) is 4.53. The van der Waals surface area contributed by atoms with E-state index in [2.05, 4.69) is 15.6 Å². The van der Waals surface area contributed by atoms with Crippen LogP contribution in [0.2, 0.25) is 0 Å². The maximum absolute atomic E-state index is 12.9. The predicted octanol–water partition coefficient (Wildman–Crippen LogP) is 3.65. The van der Waals surface area contributed by atoms with Crippen molar-refractivity contribution in [2.75, 3.05) is 16.9 Å². The fourth-order valence-electron chi connectivity index (χ4n) is 3.64. The number of nitrogens with zero attached hydrogens (tertiary/aromatic N) is 1. The van der Waals surface area contributed by atoms with Gasteiger partial charge in [0.25, 0.3) is 11.8 Å². The number of nitriles is 1. The van der Waals surface area contributed by atoms with Gasteiger partial charge in [0, 0.05) is 11.6 Å². The number of carboxylic acid groups (broad SMARTS) is 1. The third kappa shape index (κ3) is 4.79. The molecule has 10 nitrogen and oxygen atoms in total. The van der Waals surface area contributed by atoms with Crippen LogP contribution in [-0.2, 0) is 9.84 Å². The molecule has 4 N–H and O–H groups in total. The summed E-state index contributed by atoms with van der Waals surface area (Å²) in [5, 5.41) is 24.2. The number of para-hydroxylation sites is 1. The first-order chi connectivity index (χ1) is 17.1. The number of nitrogens with one attached hydrogen (secondary N) is 3. The van der Waals surface area contributed by atoms with Crippen LogP contribution < -0.4 is 10.6 Å². The minimum Gasteiger partial charge on any atom is -0.478 e. The van der Waals surface area contributed by atoms with E-state index in [9.17, 15) is 27.9 Å². The smallest absolute Gasteiger partial charge is 0.337 e. The van der Waals surface area contributed by atoms with Crippen LogP contribution in [-0.4, -0.2) is 42.5 Å². The van der Waals surface area contributed by atoms with Crippen molar-refractivity contribution in [3.63, 3.8) is 0 Å². The molecular weight excluding hydrogens is 484 g/mol. The van der Waals surface area contributed by atoms with Gasteiger partial charge in [0.05, 0.1) is 44.5 Å². The second-order valence-corrected chi connectivity index (χ2v) is 9.79. The van der Waals surface area contributed by atoms with Gasteiger partial charge in [0.1, 0.15) is 5.69 Å². The number of aromatic nitrogens is 1. The summed E-state index contributed by atoms with van der Waals surface area (Å²) in [6.07, 6.45) is 1.01. The number of fused-ring (bicyclic) bond motifs is 1. The van der Waals surface area contributed by atoms with Crippen molar-refractivity contribution < 1.29 is 27.9 Å². The standard InChI is InChI=1S/C25H18N4O6S/c1-36(34,35)21-8-3-2-6-16(21)23(30)29-19-7-4-5-15-12-20(27-22(15)19)24(31)28-18-10-9-14(13-26)11-17(18)25(32)33/h2-12,27H,1H3,(H,28,31)(H,29,30)(H,32,33). The van der Waals surface area contributed by atoms with Gasteiger partial charge in [-0.2, -0.15) is 5.26 Å². The Morgan fingerprint density at radius 1 is 0.889 bits per heavy atom. The van der Waals surface area contributed by atoms with E-state index in [4.69, 9.17) is 5.26 Å². The van der Waals surface area contributed by atoms with E-state index >= 15 is 0 Å². The van der Waals surface area contributed by atoms with Gasteiger partial charge in [-0.25, -0.2) is 13.2 Å². The van der Waals surface area contributed by atoms with Gasteiger partial charge in [-0.05, 0) is 42.5 Å². The van der Waals surface area contributed by atoms with Crippen molar-refractivity contribution in [2.24, 2.45) is 0 Å². The average molecular weight is 503 g/mol. The minimum absolute atomic E-state index is 0.0102. The summed E-state index contributed by atoms with van der Waals surface area (Å²) in [6, 6.07) is 18.0. The Morgan fingerprint density at radius 3 is 2.31 bits per heavy atom. The second-order valence-electron chi connectivity index (χ2n) is 7.81. The highest BCUT2D eigenvalue weighted by atomic mass is 32.2. The third-order valence-electron chi connectivity index (χ3n) is 5.31. The van der Waals surface area contributed by atoms with Gasteiger partial charge in [-0.15, -0.1) is 0 Å². The van der Waals surface area contributed by atoms with Gasteiger partial charge in [-0.3, -0.25) is 9.59 Å². The summed E-state index contributed by atoms with van der Waals surface area (Å²) < 4.78 is 24.1. The molecule has 0 bridgehead atoms. The molecule has 11 heteroatoms. The molecule has 0 saturated carbocycles. The number of carbonyl (C=O) groups excluding carboxylic acids is 2. The number of aromatic carboxylic acids is 1. The summed E-state index contributed by atoms with van der Waals surface area (Å²) >= 11 is 0. The molecule has 0 radical (unpaired) electrons. The van der Waals surface area contributed by atoms with Crippen LogP contribution in [0.5, 0.6) is 0 Å². The van der Waals surface area contributed by atoms with Gasteiger partial charge in [0.2, 0.25) is 0 Å². The van der Waals surface area contributed by atoms with E-state index in [1.165, 1.54) is 36.4 Å². The molecule has 180 valence electrons. The van der Waals surface area contributed by atoms with Crippen LogP contribution in [0.25, 0.3) is 10.9 Å². The van der Waals surface area contributed by atoms with Gasteiger partial charge in [0.15, 0.2) is 9.84 Å². The average Bonchev–Trinajstić information content (AvgIpc) is 3.29. The fraction of sp³-hybridized carbons (Fsp3) is 0.0400. The van der Waals surface area contributed by atoms with Crippen LogP contribution >= 0.6 is 0 Å². The lowest BCUT2D eigenvalue weighted by molar-refractivity contribution is 0.0697. The Kier molecular flexibility index (Phi) is 6.29. The summed E-state index contributed by atoms with van der Waals surface area (Å²) in [7, 11) is -3.65. The van der Waals surface area contributed by atoms with E-state index in [1.54, 1.807) is 24.3 Å². The summed E-state index contributed by atoms with van der Waals surface area (Å²) in [5.74, 6) is -2.59. The van der Waals surface area contributed by atoms with Crippen molar-refractivity contribution >= 4 is 49.9 Å². The third-order valence-corrected chi connectivity index (χ3v) is 6.46. The quantitative estimate of drug-likeness (QED) is 0.312. The molecule has 36 heavy (non-hydrogen) atoms. The molecule has 2 amide bonds. The molecule has 0 fully saturated rings. The van der Waals surface area contributed by atoms with E-state index < -0.39 is 27.6 Å². The maximum Gasteiger partial charge on any atom is 0.337 e. The molecule has 3 aromatic carbocycles. The van der Waals surface area contributed by atoms with Crippen LogP contribution in [0.1, 0.15) is 36.8 Å². The number of hydrogen-bond donors (Lipinski definition) is 4. The lowest BCUT2D eigenvalue weighted by Crippen LogP contribution is -2.16. The molecule has 0 unspecified atom stereocenters. The number of sulfone groups is 1. The Hall–Kier alpha value is -4.95. The molecule has 1 heterocycles. The van der Waals surface area contributed by atoms with Crippen LogP contribution in [0, 0.1) is 11.3 Å². The number of hydrogen-bond acceptors (Lipinski definition) is 6. The predicted molar refractivity (Wildman–Crippen MR) is 132 cm³/mol. The number of carbonyl (C=O) groups is 3. The summed E-state index contributed by atoms with van der Waals surface area (Å²) in [4.78, 5) is 40.1. The number of aromatic amines is 1. The molecule has 0 aliphatic carbocycles.